The molecule has 6 heteroatoms. The molecule has 100 valence electrons. The van der Waals surface area contributed by atoms with Crippen LogP contribution in [0.1, 0.15) is 18.4 Å². The Balaban J connectivity index is 2.14. The van der Waals surface area contributed by atoms with Crippen molar-refractivity contribution < 1.29 is 22.3 Å². The van der Waals surface area contributed by atoms with E-state index in [1.165, 1.54) is 0 Å². The standard InChI is InChI=1S/C12H13F4NO/c13-9-4-8(12(14,15)16)5-11(6-9)18-10-2-1-3-17-7-10/h4-6,10,17H,1-3,7H2. The number of rotatable bonds is 2. The molecule has 0 radical (unpaired) electrons. The average Bonchev–Trinajstić information content (AvgIpc) is 2.28. The monoisotopic (exact) mass is 263 g/mol. The zero-order chi connectivity index (χ0) is 13.2. The van der Waals surface area contributed by atoms with Crippen molar-refractivity contribution in [3.63, 3.8) is 0 Å². The van der Waals surface area contributed by atoms with Crippen LogP contribution in [0.4, 0.5) is 17.6 Å². The van der Waals surface area contributed by atoms with Gasteiger partial charge >= 0.3 is 6.18 Å². The smallest absolute Gasteiger partial charge is 0.416 e. The predicted octanol–water partition coefficient (Wildman–Crippen LogP) is 2.98. The highest BCUT2D eigenvalue weighted by Gasteiger charge is 2.31. The van der Waals surface area contributed by atoms with Crippen LogP contribution in [0.5, 0.6) is 5.75 Å². The van der Waals surface area contributed by atoms with Crippen LogP contribution in [-0.4, -0.2) is 19.2 Å². The van der Waals surface area contributed by atoms with Crippen molar-refractivity contribution in [1.29, 1.82) is 0 Å². The number of halogens is 4. The number of ether oxygens (including phenoxy) is 1. The molecule has 0 bridgehead atoms. The minimum absolute atomic E-state index is 0.0731. The topological polar surface area (TPSA) is 21.3 Å². The molecule has 1 saturated heterocycles. The molecule has 2 rings (SSSR count). The van der Waals surface area contributed by atoms with Crippen molar-refractivity contribution >= 4 is 0 Å². The minimum atomic E-state index is -4.56. The Bertz CT molecular complexity index is 413. The molecular weight excluding hydrogens is 250 g/mol. The zero-order valence-electron chi connectivity index (χ0n) is 9.56. The minimum Gasteiger partial charge on any atom is -0.489 e. The van der Waals surface area contributed by atoms with E-state index in [1.54, 1.807) is 0 Å². The summed E-state index contributed by atoms with van der Waals surface area (Å²) in [6.07, 6.45) is -3.12. The van der Waals surface area contributed by atoms with Crippen LogP contribution in [0.2, 0.25) is 0 Å². The summed E-state index contributed by atoms with van der Waals surface area (Å²) < 4.78 is 56.0. The molecule has 1 aliphatic rings. The SMILES string of the molecule is Fc1cc(OC2CCCNC2)cc(C(F)(F)F)c1. The maximum Gasteiger partial charge on any atom is 0.416 e. The first-order chi connectivity index (χ1) is 8.45. The van der Waals surface area contributed by atoms with Gasteiger partial charge in [-0.3, -0.25) is 0 Å². The fourth-order valence-electron chi connectivity index (χ4n) is 1.91. The van der Waals surface area contributed by atoms with Crippen molar-refractivity contribution in [2.24, 2.45) is 0 Å². The van der Waals surface area contributed by atoms with Crippen molar-refractivity contribution in [3.05, 3.63) is 29.6 Å². The van der Waals surface area contributed by atoms with E-state index in [9.17, 15) is 17.6 Å². The van der Waals surface area contributed by atoms with Crippen molar-refractivity contribution in [2.45, 2.75) is 25.1 Å². The molecule has 1 aliphatic heterocycles. The van der Waals surface area contributed by atoms with Gasteiger partial charge < -0.3 is 10.1 Å². The number of hydrogen-bond donors (Lipinski definition) is 1. The Labute approximate surface area is 102 Å². The third-order valence-electron chi connectivity index (χ3n) is 2.75. The quantitative estimate of drug-likeness (QED) is 0.828. The van der Waals surface area contributed by atoms with Crippen LogP contribution in [0.15, 0.2) is 18.2 Å². The van der Waals surface area contributed by atoms with Crippen LogP contribution < -0.4 is 10.1 Å². The fraction of sp³-hybridized carbons (Fsp3) is 0.500. The second-order valence-electron chi connectivity index (χ2n) is 4.26. The molecule has 0 aromatic heterocycles. The van der Waals surface area contributed by atoms with E-state index in [4.69, 9.17) is 4.74 Å². The van der Waals surface area contributed by atoms with Crippen molar-refractivity contribution in [1.82, 2.24) is 5.32 Å². The number of alkyl halides is 3. The van der Waals surface area contributed by atoms with Crippen LogP contribution >= 0.6 is 0 Å². The Morgan fingerprint density at radius 1 is 1.22 bits per heavy atom. The Kier molecular flexibility index (Phi) is 3.75. The maximum atomic E-state index is 13.1. The van der Waals surface area contributed by atoms with E-state index in [-0.39, 0.29) is 11.9 Å². The van der Waals surface area contributed by atoms with Crippen LogP contribution in [-0.2, 0) is 6.18 Å². The highest BCUT2D eigenvalue weighted by atomic mass is 19.4. The number of hydrogen-bond acceptors (Lipinski definition) is 2. The van der Waals surface area contributed by atoms with E-state index >= 15 is 0 Å². The lowest BCUT2D eigenvalue weighted by atomic mass is 10.1. The lowest BCUT2D eigenvalue weighted by Gasteiger charge is -2.24. The van der Waals surface area contributed by atoms with Crippen LogP contribution in [0, 0.1) is 5.82 Å². The lowest BCUT2D eigenvalue weighted by molar-refractivity contribution is -0.137. The summed E-state index contributed by atoms with van der Waals surface area (Å²) in [7, 11) is 0. The molecule has 1 N–H and O–H groups in total. The van der Waals surface area contributed by atoms with Gasteiger partial charge in [0.05, 0.1) is 5.56 Å². The Morgan fingerprint density at radius 3 is 2.61 bits per heavy atom. The Morgan fingerprint density at radius 2 is 2.00 bits per heavy atom. The maximum absolute atomic E-state index is 13.1. The molecule has 0 aliphatic carbocycles. The van der Waals surface area contributed by atoms with Gasteiger partial charge in [-0.25, -0.2) is 4.39 Å². The number of benzene rings is 1. The molecule has 1 unspecified atom stereocenters. The summed E-state index contributed by atoms with van der Waals surface area (Å²) in [6, 6.07) is 2.27. The summed E-state index contributed by atoms with van der Waals surface area (Å²) in [5, 5.41) is 3.07. The summed E-state index contributed by atoms with van der Waals surface area (Å²) in [4.78, 5) is 0. The third kappa shape index (κ3) is 3.35. The summed E-state index contributed by atoms with van der Waals surface area (Å²) in [5.41, 5.74) is -1.03. The van der Waals surface area contributed by atoms with E-state index < -0.39 is 17.6 Å². The molecule has 1 aromatic carbocycles. The molecule has 0 amide bonds. The Hall–Kier alpha value is -1.30. The molecular formula is C12H13F4NO. The molecule has 0 spiro atoms. The summed E-state index contributed by atoms with van der Waals surface area (Å²) >= 11 is 0. The highest BCUT2D eigenvalue weighted by Crippen LogP contribution is 2.32. The van der Waals surface area contributed by atoms with Gasteiger partial charge in [0.25, 0.3) is 0 Å². The lowest BCUT2D eigenvalue weighted by Crippen LogP contribution is -2.37. The number of nitrogens with one attached hydrogen (secondary N) is 1. The van der Waals surface area contributed by atoms with E-state index in [1.807, 2.05) is 0 Å². The van der Waals surface area contributed by atoms with Gasteiger partial charge in [0.1, 0.15) is 17.7 Å². The van der Waals surface area contributed by atoms with Gasteiger partial charge in [-0.2, -0.15) is 13.2 Å². The second-order valence-corrected chi connectivity index (χ2v) is 4.26. The second kappa shape index (κ2) is 5.14. The molecule has 1 heterocycles. The molecule has 0 saturated carbocycles. The molecule has 18 heavy (non-hydrogen) atoms. The van der Waals surface area contributed by atoms with Gasteiger partial charge in [-0.1, -0.05) is 0 Å². The highest BCUT2D eigenvalue weighted by molar-refractivity contribution is 5.31. The van der Waals surface area contributed by atoms with Crippen molar-refractivity contribution in [2.75, 3.05) is 13.1 Å². The first-order valence-corrected chi connectivity index (χ1v) is 5.70. The van der Waals surface area contributed by atoms with E-state index in [0.717, 1.165) is 31.5 Å². The average molecular weight is 263 g/mol. The van der Waals surface area contributed by atoms with E-state index in [2.05, 4.69) is 5.32 Å². The summed E-state index contributed by atoms with van der Waals surface area (Å²) in [5.74, 6) is -1.01. The van der Waals surface area contributed by atoms with Gasteiger partial charge in [0.2, 0.25) is 0 Å². The van der Waals surface area contributed by atoms with Crippen molar-refractivity contribution in [3.8, 4) is 5.75 Å². The molecule has 1 aromatic rings. The first kappa shape index (κ1) is 13.1. The first-order valence-electron chi connectivity index (χ1n) is 5.70. The van der Waals surface area contributed by atoms with Gasteiger partial charge in [-0.05, 0) is 31.5 Å². The van der Waals surface area contributed by atoms with Gasteiger partial charge in [0, 0.05) is 12.6 Å². The van der Waals surface area contributed by atoms with Gasteiger partial charge in [-0.15, -0.1) is 0 Å². The molecule has 2 nitrogen and oxygen atoms in total. The van der Waals surface area contributed by atoms with Gasteiger partial charge in [0.15, 0.2) is 0 Å². The van der Waals surface area contributed by atoms with Crippen LogP contribution in [0.3, 0.4) is 0 Å². The fourth-order valence-corrected chi connectivity index (χ4v) is 1.91. The normalized spacial score (nSPS) is 20.8. The largest absolute Gasteiger partial charge is 0.489 e. The summed E-state index contributed by atoms with van der Waals surface area (Å²) in [6.45, 7) is 1.44. The molecule has 1 fully saturated rings. The van der Waals surface area contributed by atoms with E-state index in [0.29, 0.717) is 12.6 Å². The molecule has 1 atom stereocenters. The third-order valence-corrected chi connectivity index (χ3v) is 2.75. The number of piperidine rings is 1. The van der Waals surface area contributed by atoms with Crippen LogP contribution in [0.25, 0.3) is 0 Å². The zero-order valence-corrected chi connectivity index (χ0v) is 9.56. The predicted molar refractivity (Wildman–Crippen MR) is 57.9 cm³/mol.